The Bertz CT molecular complexity index is 531. The fourth-order valence-corrected chi connectivity index (χ4v) is 2.48. The van der Waals surface area contributed by atoms with Gasteiger partial charge in [-0.25, -0.2) is 4.98 Å². The van der Waals surface area contributed by atoms with Crippen LogP contribution < -0.4 is 0 Å². The van der Waals surface area contributed by atoms with Crippen LogP contribution in [0.15, 0.2) is 24.4 Å². The zero-order chi connectivity index (χ0) is 11.7. The maximum atomic E-state index is 8.87. The van der Waals surface area contributed by atoms with Crippen LogP contribution >= 0.6 is 0 Å². The van der Waals surface area contributed by atoms with Crippen LogP contribution in [-0.2, 0) is 19.3 Å². The van der Waals surface area contributed by atoms with Gasteiger partial charge in [-0.15, -0.1) is 0 Å². The quantitative estimate of drug-likeness (QED) is 0.845. The molecule has 3 rings (SSSR count). The molecular weight excluding hydrogens is 212 g/mol. The summed E-state index contributed by atoms with van der Waals surface area (Å²) in [6.45, 7) is 0.136. The van der Waals surface area contributed by atoms with Crippen molar-refractivity contribution in [3.8, 4) is 11.3 Å². The van der Waals surface area contributed by atoms with E-state index in [-0.39, 0.29) is 6.61 Å². The number of aliphatic hydroxyl groups is 1. The Morgan fingerprint density at radius 2 is 2.12 bits per heavy atom. The van der Waals surface area contributed by atoms with Crippen LogP contribution in [0.5, 0.6) is 0 Å². The largest absolute Gasteiger partial charge is 0.396 e. The molecule has 0 saturated heterocycles. The van der Waals surface area contributed by atoms with Gasteiger partial charge in [0.05, 0.1) is 18.5 Å². The van der Waals surface area contributed by atoms with E-state index in [0.717, 1.165) is 11.5 Å². The molecule has 0 atom stereocenters. The molecule has 3 nitrogen and oxygen atoms in total. The van der Waals surface area contributed by atoms with Crippen molar-refractivity contribution in [2.24, 2.45) is 0 Å². The van der Waals surface area contributed by atoms with Crippen LogP contribution in [0.3, 0.4) is 0 Å². The number of nitrogens with zero attached hydrogens (tertiary/aromatic N) is 1. The summed E-state index contributed by atoms with van der Waals surface area (Å²) < 4.78 is 0. The topological polar surface area (TPSA) is 48.9 Å². The van der Waals surface area contributed by atoms with Crippen molar-refractivity contribution >= 4 is 0 Å². The van der Waals surface area contributed by atoms with Crippen molar-refractivity contribution in [3.05, 3.63) is 41.3 Å². The minimum atomic E-state index is 0.136. The minimum absolute atomic E-state index is 0.136. The standard InChI is InChI=1S/C14H16N2O/c17-7-6-14-15-9-13(16-14)12-5-4-10-2-1-3-11(10)8-12/h4-5,8-9,17H,1-3,6-7H2,(H,15,16). The van der Waals surface area contributed by atoms with Crippen LogP contribution in [0.2, 0.25) is 0 Å². The maximum Gasteiger partial charge on any atom is 0.108 e. The van der Waals surface area contributed by atoms with Crippen LogP contribution in [0.4, 0.5) is 0 Å². The summed E-state index contributed by atoms with van der Waals surface area (Å²) in [4.78, 5) is 7.51. The van der Waals surface area contributed by atoms with Gasteiger partial charge in [-0.1, -0.05) is 12.1 Å². The molecule has 1 aliphatic rings. The lowest BCUT2D eigenvalue weighted by Crippen LogP contribution is -1.92. The van der Waals surface area contributed by atoms with Crippen molar-refractivity contribution in [3.63, 3.8) is 0 Å². The summed E-state index contributed by atoms with van der Waals surface area (Å²) in [5.74, 6) is 0.850. The molecule has 88 valence electrons. The fourth-order valence-electron chi connectivity index (χ4n) is 2.48. The van der Waals surface area contributed by atoms with Crippen molar-refractivity contribution < 1.29 is 5.11 Å². The number of aromatic nitrogens is 2. The summed E-state index contributed by atoms with van der Waals surface area (Å²) >= 11 is 0. The zero-order valence-corrected chi connectivity index (χ0v) is 9.74. The Labute approximate surface area is 101 Å². The highest BCUT2D eigenvalue weighted by Crippen LogP contribution is 2.27. The van der Waals surface area contributed by atoms with Gasteiger partial charge in [0.15, 0.2) is 0 Å². The van der Waals surface area contributed by atoms with Gasteiger partial charge < -0.3 is 10.1 Å². The number of fused-ring (bicyclic) bond motifs is 1. The Morgan fingerprint density at radius 1 is 1.24 bits per heavy atom. The summed E-state index contributed by atoms with van der Waals surface area (Å²) in [7, 11) is 0. The van der Waals surface area contributed by atoms with Crippen molar-refractivity contribution in [2.75, 3.05) is 6.61 Å². The molecule has 1 aromatic heterocycles. The molecule has 0 radical (unpaired) electrons. The Morgan fingerprint density at radius 3 is 3.00 bits per heavy atom. The average Bonchev–Trinajstić information content (AvgIpc) is 2.96. The highest BCUT2D eigenvalue weighted by Gasteiger charge is 2.12. The van der Waals surface area contributed by atoms with Gasteiger partial charge in [0.25, 0.3) is 0 Å². The number of H-pyrrole nitrogens is 1. The maximum absolute atomic E-state index is 8.87. The third-order valence-corrected chi connectivity index (χ3v) is 3.39. The normalized spacial score (nSPS) is 13.9. The molecule has 0 fully saturated rings. The fraction of sp³-hybridized carbons (Fsp3) is 0.357. The van der Waals surface area contributed by atoms with E-state index in [9.17, 15) is 0 Å². The van der Waals surface area contributed by atoms with E-state index in [4.69, 9.17) is 5.11 Å². The number of hydrogen-bond donors (Lipinski definition) is 2. The molecule has 0 spiro atoms. The molecule has 3 heteroatoms. The summed E-state index contributed by atoms with van der Waals surface area (Å²) in [5, 5.41) is 8.87. The van der Waals surface area contributed by atoms with E-state index in [2.05, 4.69) is 28.2 Å². The highest BCUT2D eigenvalue weighted by molar-refractivity contribution is 5.61. The van der Waals surface area contributed by atoms with E-state index >= 15 is 0 Å². The first kappa shape index (κ1) is 10.5. The molecule has 2 aromatic rings. The summed E-state index contributed by atoms with van der Waals surface area (Å²) in [6, 6.07) is 6.64. The molecule has 1 aliphatic carbocycles. The Kier molecular flexibility index (Phi) is 2.69. The molecule has 17 heavy (non-hydrogen) atoms. The molecule has 0 aliphatic heterocycles. The number of benzene rings is 1. The van der Waals surface area contributed by atoms with Crippen LogP contribution in [0.25, 0.3) is 11.3 Å². The highest BCUT2D eigenvalue weighted by atomic mass is 16.3. The first-order valence-corrected chi connectivity index (χ1v) is 6.14. The number of aryl methyl sites for hydroxylation is 2. The van der Waals surface area contributed by atoms with E-state index in [1.54, 1.807) is 0 Å². The van der Waals surface area contributed by atoms with Crippen molar-refractivity contribution in [1.29, 1.82) is 0 Å². The molecule has 1 heterocycles. The predicted octanol–water partition coefficient (Wildman–Crippen LogP) is 2.10. The van der Waals surface area contributed by atoms with Gasteiger partial charge in [0.2, 0.25) is 0 Å². The van der Waals surface area contributed by atoms with E-state index in [1.807, 2.05) is 6.20 Å². The SMILES string of the molecule is OCCc1ncc(-c2ccc3c(c2)CCC3)[nH]1. The third kappa shape index (κ3) is 1.98. The lowest BCUT2D eigenvalue weighted by atomic mass is 10.1. The zero-order valence-electron chi connectivity index (χ0n) is 9.74. The van der Waals surface area contributed by atoms with E-state index < -0.39 is 0 Å². The van der Waals surface area contributed by atoms with Crippen LogP contribution in [0, 0.1) is 0 Å². The summed E-state index contributed by atoms with van der Waals surface area (Å²) in [5.41, 5.74) is 5.20. The molecule has 1 aromatic carbocycles. The number of aromatic amines is 1. The van der Waals surface area contributed by atoms with Gasteiger partial charge in [-0.05, 0) is 42.0 Å². The van der Waals surface area contributed by atoms with Gasteiger partial charge in [-0.3, -0.25) is 0 Å². The van der Waals surface area contributed by atoms with Gasteiger partial charge in [-0.2, -0.15) is 0 Å². The van der Waals surface area contributed by atoms with Gasteiger partial charge >= 0.3 is 0 Å². The third-order valence-electron chi connectivity index (χ3n) is 3.39. The lowest BCUT2D eigenvalue weighted by molar-refractivity contribution is 0.297. The smallest absolute Gasteiger partial charge is 0.108 e. The average molecular weight is 228 g/mol. The first-order chi connectivity index (χ1) is 8.36. The van der Waals surface area contributed by atoms with Gasteiger partial charge in [0.1, 0.15) is 5.82 Å². The van der Waals surface area contributed by atoms with Crippen LogP contribution in [0.1, 0.15) is 23.4 Å². The minimum Gasteiger partial charge on any atom is -0.396 e. The summed E-state index contributed by atoms with van der Waals surface area (Å²) in [6.07, 6.45) is 6.12. The van der Waals surface area contributed by atoms with Crippen molar-refractivity contribution in [2.45, 2.75) is 25.7 Å². The molecule has 2 N–H and O–H groups in total. The molecule has 0 amide bonds. The lowest BCUT2D eigenvalue weighted by Gasteiger charge is -2.02. The second-order valence-corrected chi connectivity index (χ2v) is 4.55. The number of rotatable bonds is 3. The number of nitrogens with one attached hydrogen (secondary N) is 1. The number of hydrogen-bond acceptors (Lipinski definition) is 2. The van der Waals surface area contributed by atoms with Crippen LogP contribution in [-0.4, -0.2) is 21.7 Å². The Hall–Kier alpha value is -1.61. The molecule has 0 bridgehead atoms. The van der Waals surface area contributed by atoms with E-state index in [0.29, 0.717) is 6.42 Å². The second-order valence-electron chi connectivity index (χ2n) is 4.55. The monoisotopic (exact) mass is 228 g/mol. The predicted molar refractivity (Wildman–Crippen MR) is 66.8 cm³/mol. The second kappa shape index (κ2) is 4.34. The number of imidazole rings is 1. The Balaban J connectivity index is 1.92. The molecule has 0 saturated carbocycles. The van der Waals surface area contributed by atoms with Gasteiger partial charge in [0, 0.05) is 6.42 Å². The van der Waals surface area contributed by atoms with Crippen molar-refractivity contribution in [1.82, 2.24) is 9.97 Å². The first-order valence-electron chi connectivity index (χ1n) is 6.14. The van der Waals surface area contributed by atoms with E-state index in [1.165, 1.54) is 36.0 Å². The molecule has 0 unspecified atom stereocenters. The molecular formula is C14H16N2O. The number of aliphatic hydroxyl groups excluding tert-OH is 1.